The summed E-state index contributed by atoms with van der Waals surface area (Å²) in [4.78, 5) is 11.2. The minimum absolute atomic E-state index is 0.0671. The summed E-state index contributed by atoms with van der Waals surface area (Å²) in [7, 11) is -3.87. The minimum Gasteiger partial charge on any atom is -0.366 e. The number of carbonyl (C=O) groups excluding carboxylic acids is 1. The van der Waals surface area contributed by atoms with Crippen LogP contribution in [0.3, 0.4) is 0 Å². The molecular weight excluding hydrogens is 347 g/mol. The van der Waals surface area contributed by atoms with E-state index in [2.05, 4.69) is 4.72 Å². The first-order chi connectivity index (χ1) is 10.2. The standard InChI is InChI=1S/C14H12Cl2N2O3S/c1-8-6-10(15)3-5-13(8)22(20,21)18-12-7-9(14(17)19)2-4-11(12)16/h2-7,18H,1H3,(H2,17,19). The number of hydrogen-bond acceptors (Lipinski definition) is 3. The van der Waals surface area contributed by atoms with Crippen LogP contribution in [0.4, 0.5) is 5.69 Å². The molecule has 0 saturated heterocycles. The summed E-state index contributed by atoms with van der Waals surface area (Å²) >= 11 is 11.8. The second-order valence-corrected chi connectivity index (χ2v) is 7.07. The van der Waals surface area contributed by atoms with E-state index in [-0.39, 0.29) is 21.2 Å². The molecule has 2 aromatic rings. The zero-order valence-corrected chi connectivity index (χ0v) is 13.8. The summed E-state index contributed by atoms with van der Waals surface area (Å²) in [6.07, 6.45) is 0. The molecule has 0 unspecified atom stereocenters. The zero-order chi connectivity index (χ0) is 16.5. The van der Waals surface area contributed by atoms with E-state index in [1.165, 1.54) is 36.4 Å². The first kappa shape index (κ1) is 16.6. The lowest BCUT2D eigenvalue weighted by molar-refractivity contribution is 0.100. The predicted molar refractivity (Wildman–Crippen MR) is 87.0 cm³/mol. The second-order valence-electron chi connectivity index (χ2n) is 4.57. The Bertz CT molecular complexity index is 851. The molecule has 0 aromatic heterocycles. The topological polar surface area (TPSA) is 89.3 Å². The van der Waals surface area contributed by atoms with Crippen LogP contribution >= 0.6 is 23.2 Å². The molecule has 2 rings (SSSR count). The maximum atomic E-state index is 12.4. The van der Waals surface area contributed by atoms with Crippen molar-refractivity contribution in [2.45, 2.75) is 11.8 Å². The molecule has 3 N–H and O–H groups in total. The number of carbonyl (C=O) groups is 1. The van der Waals surface area contributed by atoms with Crippen molar-refractivity contribution in [2.24, 2.45) is 5.73 Å². The molecule has 0 bridgehead atoms. The number of rotatable bonds is 4. The lowest BCUT2D eigenvalue weighted by Crippen LogP contribution is -2.16. The van der Waals surface area contributed by atoms with Crippen LogP contribution < -0.4 is 10.5 Å². The second kappa shape index (κ2) is 6.16. The van der Waals surface area contributed by atoms with Gasteiger partial charge in [-0.25, -0.2) is 8.42 Å². The maximum Gasteiger partial charge on any atom is 0.262 e. The number of sulfonamides is 1. The first-order valence-corrected chi connectivity index (χ1v) is 8.33. The Hall–Kier alpha value is -1.76. The molecule has 0 heterocycles. The third kappa shape index (κ3) is 3.52. The van der Waals surface area contributed by atoms with Crippen LogP contribution in [0.1, 0.15) is 15.9 Å². The van der Waals surface area contributed by atoms with Crippen LogP contribution in [0.2, 0.25) is 10.0 Å². The van der Waals surface area contributed by atoms with Gasteiger partial charge in [0.05, 0.1) is 15.6 Å². The molecular formula is C14H12Cl2N2O3S. The van der Waals surface area contributed by atoms with Gasteiger partial charge in [-0.2, -0.15) is 0 Å². The number of amides is 1. The van der Waals surface area contributed by atoms with E-state index in [9.17, 15) is 13.2 Å². The third-order valence-electron chi connectivity index (χ3n) is 2.92. The number of nitrogens with one attached hydrogen (secondary N) is 1. The van der Waals surface area contributed by atoms with Crippen molar-refractivity contribution in [3.05, 3.63) is 57.6 Å². The van der Waals surface area contributed by atoms with Gasteiger partial charge in [-0.1, -0.05) is 23.2 Å². The molecule has 8 heteroatoms. The van der Waals surface area contributed by atoms with E-state index in [0.29, 0.717) is 10.6 Å². The van der Waals surface area contributed by atoms with Crippen LogP contribution in [0.15, 0.2) is 41.3 Å². The fourth-order valence-electron chi connectivity index (χ4n) is 1.87. The van der Waals surface area contributed by atoms with Gasteiger partial charge in [0.2, 0.25) is 5.91 Å². The average molecular weight is 359 g/mol. The summed E-state index contributed by atoms with van der Waals surface area (Å²) in [5, 5.41) is 0.588. The van der Waals surface area contributed by atoms with Gasteiger partial charge in [0, 0.05) is 10.6 Å². The lowest BCUT2D eigenvalue weighted by atomic mass is 10.2. The molecule has 0 aliphatic heterocycles. The maximum absolute atomic E-state index is 12.4. The average Bonchev–Trinajstić information content (AvgIpc) is 2.40. The molecule has 0 saturated carbocycles. The minimum atomic E-state index is -3.87. The van der Waals surface area contributed by atoms with E-state index in [1.54, 1.807) is 6.92 Å². The van der Waals surface area contributed by atoms with Crippen molar-refractivity contribution < 1.29 is 13.2 Å². The van der Waals surface area contributed by atoms with Gasteiger partial charge in [0.25, 0.3) is 10.0 Å². The SMILES string of the molecule is Cc1cc(Cl)ccc1S(=O)(=O)Nc1cc(C(N)=O)ccc1Cl. The van der Waals surface area contributed by atoms with Crippen LogP contribution in [-0.4, -0.2) is 14.3 Å². The van der Waals surface area contributed by atoms with Crippen molar-refractivity contribution in [3.8, 4) is 0 Å². The highest BCUT2D eigenvalue weighted by Gasteiger charge is 2.19. The summed E-state index contributed by atoms with van der Waals surface area (Å²) in [6.45, 7) is 1.63. The number of aryl methyl sites for hydroxylation is 1. The van der Waals surface area contributed by atoms with Crippen molar-refractivity contribution in [1.82, 2.24) is 0 Å². The van der Waals surface area contributed by atoms with Gasteiger partial charge in [-0.05, 0) is 48.9 Å². The number of primary amides is 1. The highest BCUT2D eigenvalue weighted by Crippen LogP contribution is 2.27. The molecule has 5 nitrogen and oxygen atoms in total. The Balaban J connectivity index is 2.45. The van der Waals surface area contributed by atoms with Gasteiger partial charge in [-0.15, -0.1) is 0 Å². The Morgan fingerprint density at radius 2 is 1.82 bits per heavy atom. The highest BCUT2D eigenvalue weighted by molar-refractivity contribution is 7.92. The van der Waals surface area contributed by atoms with Gasteiger partial charge in [0.15, 0.2) is 0 Å². The first-order valence-electron chi connectivity index (χ1n) is 6.09. The van der Waals surface area contributed by atoms with Crippen LogP contribution in [0.5, 0.6) is 0 Å². The lowest BCUT2D eigenvalue weighted by Gasteiger charge is -2.12. The van der Waals surface area contributed by atoms with E-state index < -0.39 is 15.9 Å². The summed E-state index contributed by atoms with van der Waals surface area (Å²) in [5.74, 6) is -0.681. The molecule has 0 aliphatic carbocycles. The van der Waals surface area contributed by atoms with Crippen molar-refractivity contribution in [2.75, 3.05) is 4.72 Å². The largest absolute Gasteiger partial charge is 0.366 e. The number of anilines is 1. The van der Waals surface area contributed by atoms with Gasteiger partial charge < -0.3 is 5.73 Å². The predicted octanol–water partition coefficient (Wildman–Crippen LogP) is 3.20. The Labute approximate surface area is 138 Å². The van der Waals surface area contributed by atoms with E-state index in [4.69, 9.17) is 28.9 Å². The highest BCUT2D eigenvalue weighted by atomic mass is 35.5. The van der Waals surface area contributed by atoms with Gasteiger partial charge >= 0.3 is 0 Å². The molecule has 116 valence electrons. The molecule has 22 heavy (non-hydrogen) atoms. The molecule has 1 amide bonds. The van der Waals surface area contributed by atoms with Gasteiger partial charge in [0.1, 0.15) is 0 Å². The fourth-order valence-corrected chi connectivity index (χ4v) is 3.62. The van der Waals surface area contributed by atoms with E-state index in [1.807, 2.05) is 0 Å². The summed E-state index contributed by atoms with van der Waals surface area (Å²) in [5.41, 5.74) is 5.89. The zero-order valence-electron chi connectivity index (χ0n) is 11.4. The molecule has 0 radical (unpaired) electrons. The van der Waals surface area contributed by atoms with Crippen molar-refractivity contribution in [3.63, 3.8) is 0 Å². The van der Waals surface area contributed by atoms with Crippen LogP contribution in [-0.2, 0) is 10.0 Å². The van der Waals surface area contributed by atoms with E-state index >= 15 is 0 Å². The molecule has 0 aliphatic rings. The Kier molecular flexibility index (Phi) is 4.65. The summed E-state index contributed by atoms with van der Waals surface area (Å²) in [6, 6.07) is 8.51. The molecule has 0 atom stereocenters. The normalized spacial score (nSPS) is 11.2. The number of nitrogens with two attached hydrogens (primary N) is 1. The van der Waals surface area contributed by atoms with Crippen LogP contribution in [0, 0.1) is 6.92 Å². The monoisotopic (exact) mass is 358 g/mol. The quantitative estimate of drug-likeness (QED) is 0.879. The fraction of sp³-hybridized carbons (Fsp3) is 0.0714. The number of benzene rings is 2. The smallest absolute Gasteiger partial charge is 0.262 e. The molecule has 0 fully saturated rings. The summed E-state index contributed by atoms with van der Waals surface area (Å²) < 4.78 is 27.2. The van der Waals surface area contributed by atoms with E-state index in [0.717, 1.165) is 0 Å². The Morgan fingerprint density at radius 1 is 1.14 bits per heavy atom. The van der Waals surface area contributed by atoms with Crippen molar-refractivity contribution >= 4 is 44.8 Å². The molecule has 2 aromatic carbocycles. The van der Waals surface area contributed by atoms with Gasteiger partial charge in [-0.3, -0.25) is 9.52 Å². The molecule has 0 spiro atoms. The third-order valence-corrected chi connectivity index (χ3v) is 5.01. The van der Waals surface area contributed by atoms with Crippen LogP contribution in [0.25, 0.3) is 0 Å². The Morgan fingerprint density at radius 3 is 2.41 bits per heavy atom. The number of halogens is 2. The van der Waals surface area contributed by atoms with Crippen molar-refractivity contribution in [1.29, 1.82) is 0 Å². The number of hydrogen-bond donors (Lipinski definition) is 2.